The Morgan fingerprint density at radius 3 is 2.37 bits per heavy atom. The van der Waals surface area contributed by atoms with Gasteiger partial charge in [-0.25, -0.2) is 18.4 Å². The van der Waals surface area contributed by atoms with Crippen molar-refractivity contribution in [3.05, 3.63) is 18.5 Å². The van der Waals surface area contributed by atoms with Gasteiger partial charge in [-0.2, -0.15) is 9.57 Å². The fourth-order valence-electron chi connectivity index (χ4n) is 1.89. The minimum Gasteiger partial charge on any atom is -0.338 e. The number of sulfonamides is 1. The summed E-state index contributed by atoms with van der Waals surface area (Å²) in [6, 6.07) is 3.51. The van der Waals surface area contributed by atoms with Crippen molar-refractivity contribution in [3.8, 4) is 6.07 Å². The minimum absolute atomic E-state index is 0.354. The Morgan fingerprint density at radius 1 is 1.26 bits per heavy atom. The van der Waals surface area contributed by atoms with E-state index >= 15 is 0 Å². The summed E-state index contributed by atoms with van der Waals surface area (Å²) in [6.45, 7) is 3.17. The first-order chi connectivity index (χ1) is 9.05. The number of hydrogen-bond donors (Lipinski definition) is 0. The van der Waals surface area contributed by atoms with Crippen LogP contribution in [0.1, 0.15) is 6.92 Å². The highest BCUT2D eigenvalue weighted by molar-refractivity contribution is 7.89. The maximum absolute atomic E-state index is 12.0. The van der Waals surface area contributed by atoms with E-state index in [4.69, 9.17) is 5.26 Å². The molecular weight excluding hydrogens is 266 g/mol. The molecule has 1 fully saturated rings. The lowest BCUT2D eigenvalue weighted by atomic mass is 10.4. The summed E-state index contributed by atoms with van der Waals surface area (Å²) in [5, 5.41) is 7.74. The van der Waals surface area contributed by atoms with Crippen LogP contribution in [0.2, 0.25) is 0 Å². The summed E-state index contributed by atoms with van der Waals surface area (Å²) < 4.78 is 25.4. The Morgan fingerprint density at radius 2 is 1.84 bits per heavy atom. The summed E-state index contributed by atoms with van der Waals surface area (Å²) in [6.07, 6.45) is 3.31. The van der Waals surface area contributed by atoms with Crippen molar-refractivity contribution in [2.75, 3.05) is 31.1 Å². The van der Waals surface area contributed by atoms with Gasteiger partial charge in [0.2, 0.25) is 16.0 Å². The molecule has 7 nitrogen and oxygen atoms in total. The molecule has 0 aromatic carbocycles. The zero-order valence-electron chi connectivity index (χ0n) is 10.6. The Hall–Kier alpha value is -1.72. The molecule has 1 aromatic heterocycles. The zero-order valence-corrected chi connectivity index (χ0v) is 11.4. The fraction of sp³-hybridized carbons (Fsp3) is 0.545. The first kappa shape index (κ1) is 13.7. The van der Waals surface area contributed by atoms with Gasteiger partial charge in [-0.3, -0.25) is 0 Å². The molecule has 0 amide bonds. The fourth-order valence-corrected chi connectivity index (χ4v) is 3.14. The highest BCUT2D eigenvalue weighted by Gasteiger charge is 2.32. The van der Waals surface area contributed by atoms with Crippen molar-refractivity contribution >= 4 is 16.0 Å². The van der Waals surface area contributed by atoms with E-state index in [-0.39, 0.29) is 0 Å². The number of aromatic nitrogens is 2. The molecule has 1 aromatic rings. The Kier molecular flexibility index (Phi) is 3.97. The summed E-state index contributed by atoms with van der Waals surface area (Å²) >= 11 is 0. The van der Waals surface area contributed by atoms with E-state index in [9.17, 15) is 8.42 Å². The standard InChI is InChI=1S/C11H15N5O2S/c1-10(9-12)19(17,18)16-7-5-15(6-8-16)11-13-3-2-4-14-11/h2-4,10H,5-8H2,1H3. The van der Waals surface area contributed by atoms with E-state index in [1.54, 1.807) is 24.5 Å². The second-order valence-electron chi connectivity index (χ2n) is 4.25. The third kappa shape index (κ3) is 2.83. The smallest absolute Gasteiger partial charge is 0.230 e. The molecule has 1 saturated heterocycles. The molecular formula is C11H15N5O2S. The van der Waals surface area contributed by atoms with Gasteiger partial charge < -0.3 is 4.90 Å². The normalized spacial score (nSPS) is 18.8. The van der Waals surface area contributed by atoms with Gasteiger partial charge in [-0.15, -0.1) is 0 Å². The molecule has 2 rings (SSSR count). The van der Waals surface area contributed by atoms with Gasteiger partial charge in [-0.05, 0) is 13.0 Å². The molecule has 0 aliphatic carbocycles. The number of anilines is 1. The highest BCUT2D eigenvalue weighted by Crippen LogP contribution is 2.15. The molecule has 1 aliphatic heterocycles. The minimum atomic E-state index is -3.51. The lowest BCUT2D eigenvalue weighted by Gasteiger charge is -2.34. The van der Waals surface area contributed by atoms with Crippen LogP contribution in [0.5, 0.6) is 0 Å². The molecule has 0 radical (unpaired) electrons. The number of nitrogens with zero attached hydrogens (tertiary/aromatic N) is 5. The Labute approximate surface area is 112 Å². The maximum atomic E-state index is 12.0. The van der Waals surface area contributed by atoms with Crippen LogP contribution in [-0.4, -0.2) is 54.1 Å². The molecule has 102 valence electrons. The first-order valence-corrected chi connectivity index (χ1v) is 7.46. The second kappa shape index (κ2) is 5.50. The molecule has 1 aliphatic rings. The molecule has 19 heavy (non-hydrogen) atoms. The van der Waals surface area contributed by atoms with Gasteiger partial charge in [0, 0.05) is 38.6 Å². The lowest BCUT2D eigenvalue weighted by Crippen LogP contribution is -2.51. The third-order valence-electron chi connectivity index (χ3n) is 3.06. The second-order valence-corrected chi connectivity index (χ2v) is 6.50. The zero-order chi connectivity index (χ0) is 13.9. The lowest BCUT2D eigenvalue weighted by molar-refractivity contribution is 0.380. The molecule has 2 heterocycles. The predicted molar refractivity (Wildman–Crippen MR) is 69.8 cm³/mol. The molecule has 0 N–H and O–H groups in total. The van der Waals surface area contributed by atoms with Crippen LogP contribution >= 0.6 is 0 Å². The molecule has 0 bridgehead atoms. The van der Waals surface area contributed by atoms with Gasteiger partial charge in [0.1, 0.15) is 0 Å². The SMILES string of the molecule is CC(C#N)S(=O)(=O)N1CCN(c2ncccn2)CC1. The van der Waals surface area contributed by atoms with Gasteiger partial charge >= 0.3 is 0 Å². The summed E-state index contributed by atoms with van der Waals surface area (Å²) in [7, 11) is -3.51. The van der Waals surface area contributed by atoms with E-state index in [0.717, 1.165) is 0 Å². The van der Waals surface area contributed by atoms with Crippen molar-refractivity contribution in [2.24, 2.45) is 0 Å². The van der Waals surface area contributed by atoms with Crippen LogP contribution < -0.4 is 4.90 Å². The van der Waals surface area contributed by atoms with Crippen molar-refractivity contribution in [1.82, 2.24) is 14.3 Å². The average Bonchev–Trinajstić information content (AvgIpc) is 2.47. The van der Waals surface area contributed by atoms with E-state index in [1.807, 2.05) is 4.90 Å². The highest BCUT2D eigenvalue weighted by atomic mass is 32.2. The van der Waals surface area contributed by atoms with E-state index in [0.29, 0.717) is 32.1 Å². The van der Waals surface area contributed by atoms with Gasteiger partial charge in [-0.1, -0.05) is 0 Å². The van der Waals surface area contributed by atoms with E-state index in [1.165, 1.54) is 11.2 Å². The van der Waals surface area contributed by atoms with Gasteiger partial charge in [0.15, 0.2) is 5.25 Å². The van der Waals surface area contributed by atoms with Crippen LogP contribution in [0.25, 0.3) is 0 Å². The summed E-state index contributed by atoms with van der Waals surface area (Å²) in [5.74, 6) is 0.605. The molecule has 1 unspecified atom stereocenters. The van der Waals surface area contributed by atoms with Gasteiger partial charge in [0.25, 0.3) is 0 Å². The van der Waals surface area contributed by atoms with Crippen LogP contribution in [0.15, 0.2) is 18.5 Å². The van der Waals surface area contributed by atoms with Gasteiger partial charge in [0.05, 0.1) is 6.07 Å². The Balaban J connectivity index is 2.03. The third-order valence-corrected chi connectivity index (χ3v) is 5.15. The first-order valence-electron chi connectivity index (χ1n) is 5.96. The van der Waals surface area contributed by atoms with Crippen LogP contribution in [0.4, 0.5) is 5.95 Å². The number of rotatable bonds is 3. The quantitative estimate of drug-likeness (QED) is 0.764. The van der Waals surface area contributed by atoms with E-state index in [2.05, 4.69) is 9.97 Å². The average molecular weight is 281 g/mol. The number of piperazine rings is 1. The predicted octanol–water partition coefficient (Wildman–Crippen LogP) is -0.160. The van der Waals surface area contributed by atoms with Crippen molar-refractivity contribution in [3.63, 3.8) is 0 Å². The number of hydrogen-bond acceptors (Lipinski definition) is 6. The van der Waals surface area contributed by atoms with Crippen LogP contribution in [0, 0.1) is 11.3 Å². The maximum Gasteiger partial charge on any atom is 0.230 e. The van der Waals surface area contributed by atoms with E-state index < -0.39 is 15.3 Å². The molecule has 8 heteroatoms. The summed E-state index contributed by atoms with van der Waals surface area (Å²) in [4.78, 5) is 10.2. The summed E-state index contributed by atoms with van der Waals surface area (Å²) in [5.41, 5.74) is 0. The molecule has 1 atom stereocenters. The Bertz CT molecular complexity index is 560. The van der Waals surface area contributed by atoms with Crippen molar-refractivity contribution in [2.45, 2.75) is 12.2 Å². The number of nitriles is 1. The van der Waals surface area contributed by atoms with Crippen molar-refractivity contribution in [1.29, 1.82) is 5.26 Å². The topological polar surface area (TPSA) is 90.2 Å². The monoisotopic (exact) mass is 281 g/mol. The molecule has 0 spiro atoms. The van der Waals surface area contributed by atoms with Crippen LogP contribution in [-0.2, 0) is 10.0 Å². The molecule has 0 saturated carbocycles. The largest absolute Gasteiger partial charge is 0.338 e. The van der Waals surface area contributed by atoms with Crippen molar-refractivity contribution < 1.29 is 8.42 Å². The van der Waals surface area contributed by atoms with Crippen LogP contribution in [0.3, 0.4) is 0 Å².